The molecule has 1 aromatic carbocycles. The fourth-order valence-electron chi connectivity index (χ4n) is 1.34. The molecule has 0 saturated heterocycles. The normalized spacial score (nSPS) is 11.7. The molecule has 0 fully saturated rings. The quantitative estimate of drug-likeness (QED) is 0.760. The first-order chi connectivity index (χ1) is 9.51. The summed E-state index contributed by atoms with van der Waals surface area (Å²) < 4.78 is 10.3. The van der Waals surface area contributed by atoms with Gasteiger partial charge in [0.1, 0.15) is 12.4 Å². The molecule has 0 bridgehead atoms. The van der Waals surface area contributed by atoms with Gasteiger partial charge in [0.25, 0.3) is 0 Å². The number of ether oxygens (including phenoxy) is 2. The highest BCUT2D eigenvalue weighted by Crippen LogP contribution is 2.17. The maximum absolute atomic E-state index is 11.6. The Kier molecular flexibility index (Phi) is 6.52. The molecular weight excluding hydrogens is 262 g/mol. The molecule has 6 heteroatoms. The molecule has 0 aliphatic heterocycles. The summed E-state index contributed by atoms with van der Waals surface area (Å²) in [7, 11) is 0. The first-order valence-electron chi connectivity index (χ1n) is 6.37. The Morgan fingerprint density at radius 3 is 2.75 bits per heavy atom. The highest BCUT2D eigenvalue weighted by molar-refractivity contribution is 5.91. The number of rotatable bonds is 8. The molecule has 0 radical (unpaired) electrons. The first-order valence-corrected chi connectivity index (χ1v) is 6.37. The van der Waals surface area contributed by atoms with E-state index in [2.05, 4.69) is 5.32 Å². The summed E-state index contributed by atoms with van der Waals surface area (Å²) in [5.41, 5.74) is 0.533. The van der Waals surface area contributed by atoms with Gasteiger partial charge in [-0.1, -0.05) is 13.0 Å². The number of aliphatic carboxylic acids is 1. The van der Waals surface area contributed by atoms with E-state index in [-0.39, 0.29) is 18.6 Å². The molecule has 1 aromatic rings. The van der Waals surface area contributed by atoms with Crippen LogP contribution in [0.4, 0.5) is 5.69 Å². The van der Waals surface area contributed by atoms with Gasteiger partial charge in [-0.25, -0.2) is 4.79 Å². The lowest BCUT2D eigenvalue weighted by atomic mass is 10.3. The second-order valence-electron chi connectivity index (χ2n) is 4.29. The number of carbonyl (C=O) groups is 2. The van der Waals surface area contributed by atoms with Crippen LogP contribution in [-0.4, -0.2) is 36.3 Å². The number of carboxylic acids is 1. The van der Waals surface area contributed by atoms with Crippen LogP contribution in [-0.2, 0) is 14.3 Å². The number of carboxylic acid groups (broad SMARTS) is 1. The van der Waals surface area contributed by atoms with Crippen LogP contribution in [0.1, 0.15) is 20.3 Å². The van der Waals surface area contributed by atoms with E-state index in [1.165, 1.54) is 0 Å². The highest BCUT2D eigenvalue weighted by atomic mass is 16.5. The highest BCUT2D eigenvalue weighted by Gasteiger charge is 2.06. The molecule has 0 saturated carbocycles. The molecule has 1 unspecified atom stereocenters. The van der Waals surface area contributed by atoms with Crippen molar-refractivity contribution in [2.24, 2.45) is 0 Å². The molecule has 0 aromatic heterocycles. The van der Waals surface area contributed by atoms with Gasteiger partial charge in [0.05, 0.1) is 6.10 Å². The summed E-state index contributed by atoms with van der Waals surface area (Å²) in [6, 6.07) is 6.54. The van der Waals surface area contributed by atoms with E-state index in [0.717, 1.165) is 6.42 Å². The zero-order chi connectivity index (χ0) is 15.0. The number of hydrogen-bond donors (Lipinski definition) is 2. The molecule has 0 spiro atoms. The minimum Gasteiger partial charge on any atom is -0.482 e. The predicted molar refractivity (Wildman–Crippen MR) is 73.9 cm³/mol. The van der Waals surface area contributed by atoms with E-state index in [0.29, 0.717) is 11.4 Å². The molecule has 2 N–H and O–H groups in total. The smallest absolute Gasteiger partial charge is 0.341 e. The zero-order valence-electron chi connectivity index (χ0n) is 11.6. The lowest BCUT2D eigenvalue weighted by Crippen LogP contribution is -2.21. The van der Waals surface area contributed by atoms with Crippen molar-refractivity contribution in [2.75, 3.05) is 18.5 Å². The average molecular weight is 281 g/mol. The van der Waals surface area contributed by atoms with Gasteiger partial charge in [0, 0.05) is 11.8 Å². The number of anilines is 1. The van der Waals surface area contributed by atoms with Gasteiger partial charge in [-0.2, -0.15) is 0 Å². The second kappa shape index (κ2) is 8.16. The maximum atomic E-state index is 11.6. The molecule has 0 aliphatic carbocycles. The summed E-state index contributed by atoms with van der Waals surface area (Å²) in [6.45, 7) is 3.43. The SMILES string of the molecule is CCC(C)OCC(=O)Nc1cccc(OCC(=O)O)c1. The predicted octanol–water partition coefficient (Wildman–Crippen LogP) is 1.90. The van der Waals surface area contributed by atoms with Crippen LogP contribution in [0.15, 0.2) is 24.3 Å². The van der Waals surface area contributed by atoms with Gasteiger partial charge in [-0.3, -0.25) is 4.79 Å². The molecule has 0 heterocycles. The van der Waals surface area contributed by atoms with E-state index in [1.54, 1.807) is 24.3 Å². The summed E-state index contributed by atoms with van der Waals surface area (Å²) in [4.78, 5) is 22.0. The van der Waals surface area contributed by atoms with Crippen LogP contribution >= 0.6 is 0 Å². The largest absolute Gasteiger partial charge is 0.482 e. The van der Waals surface area contributed by atoms with Crippen molar-refractivity contribution in [3.05, 3.63) is 24.3 Å². The average Bonchev–Trinajstić information content (AvgIpc) is 2.43. The van der Waals surface area contributed by atoms with Crippen LogP contribution in [0.2, 0.25) is 0 Å². The van der Waals surface area contributed by atoms with Gasteiger partial charge < -0.3 is 19.9 Å². The third kappa shape index (κ3) is 6.19. The number of nitrogens with one attached hydrogen (secondary N) is 1. The van der Waals surface area contributed by atoms with Crippen LogP contribution in [0, 0.1) is 0 Å². The Morgan fingerprint density at radius 2 is 2.10 bits per heavy atom. The van der Waals surface area contributed by atoms with Gasteiger partial charge in [0.15, 0.2) is 6.61 Å². The van der Waals surface area contributed by atoms with Crippen molar-refractivity contribution in [1.29, 1.82) is 0 Å². The van der Waals surface area contributed by atoms with Gasteiger partial charge in [-0.15, -0.1) is 0 Å². The molecule has 1 amide bonds. The van der Waals surface area contributed by atoms with E-state index in [1.807, 2.05) is 13.8 Å². The van der Waals surface area contributed by atoms with Crippen molar-refractivity contribution in [1.82, 2.24) is 0 Å². The minimum atomic E-state index is -1.05. The van der Waals surface area contributed by atoms with E-state index < -0.39 is 12.6 Å². The Hall–Kier alpha value is -2.08. The number of hydrogen-bond acceptors (Lipinski definition) is 4. The van der Waals surface area contributed by atoms with Crippen molar-refractivity contribution < 1.29 is 24.2 Å². The molecular formula is C14H19NO5. The topological polar surface area (TPSA) is 84.9 Å². The van der Waals surface area contributed by atoms with Crippen molar-refractivity contribution in [3.63, 3.8) is 0 Å². The minimum absolute atomic E-state index is 0.0186. The summed E-state index contributed by atoms with van der Waals surface area (Å²) in [5, 5.41) is 11.2. The Labute approximate surface area is 117 Å². The fraction of sp³-hybridized carbons (Fsp3) is 0.429. The van der Waals surface area contributed by atoms with Gasteiger partial charge in [-0.05, 0) is 25.5 Å². The number of carbonyl (C=O) groups excluding carboxylic acids is 1. The van der Waals surface area contributed by atoms with Crippen LogP contribution in [0.5, 0.6) is 5.75 Å². The molecule has 110 valence electrons. The summed E-state index contributed by atoms with van der Waals surface area (Å²) in [5.74, 6) is -0.935. The summed E-state index contributed by atoms with van der Waals surface area (Å²) in [6.07, 6.45) is 0.872. The van der Waals surface area contributed by atoms with E-state index in [4.69, 9.17) is 14.6 Å². The zero-order valence-corrected chi connectivity index (χ0v) is 11.6. The Balaban J connectivity index is 2.48. The third-order valence-corrected chi connectivity index (χ3v) is 2.55. The number of amides is 1. The standard InChI is InChI=1S/C14H19NO5/c1-3-10(2)19-8-13(16)15-11-5-4-6-12(7-11)20-9-14(17)18/h4-7,10H,3,8-9H2,1-2H3,(H,15,16)(H,17,18). The monoisotopic (exact) mass is 281 g/mol. The maximum Gasteiger partial charge on any atom is 0.341 e. The molecule has 1 atom stereocenters. The van der Waals surface area contributed by atoms with Crippen LogP contribution in [0.25, 0.3) is 0 Å². The lowest BCUT2D eigenvalue weighted by Gasteiger charge is -2.11. The molecule has 6 nitrogen and oxygen atoms in total. The van der Waals surface area contributed by atoms with Gasteiger partial charge in [0.2, 0.25) is 5.91 Å². The number of benzene rings is 1. The fourth-order valence-corrected chi connectivity index (χ4v) is 1.34. The Morgan fingerprint density at radius 1 is 1.35 bits per heavy atom. The lowest BCUT2D eigenvalue weighted by molar-refractivity contribution is -0.139. The van der Waals surface area contributed by atoms with Gasteiger partial charge >= 0.3 is 5.97 Å². The summed E-state index contributed by atoms with van der Waals surface area (Å²) >= 11 is 0. The van der Waals surface area contributed by atoms with E-state index >= 15 is 0 Å². The Bertz CT molecular complexity index is 461. The van der Waals surface area contributed by atoms with Crippen LogP contribution in [0.3, 0.4) is 0 Å². The van der Waals surface area contributed by atoms with Crippen LogP contribution < -0.4 is 10.1 Å². The van der Waals surface area contributed by atoms with Crippen molar-refractivity contribution in [2.45, 2.75) is 26.4 Å². The van der Waals surface area contributed by atoms with E-state index in [9.17, 15) is 9.59 Å². The van der Waals surface area contributed by atoms with Crippen molar-refractivity contribution in [3.8, 4) is 5.75 Å². The molecule has 20 heavy (non-hydrogen) atoms. The third-order valence-electron chi connectivity index (χ3n) is 2.55. The first kappa shape index (κ1) is 16.0. The molecule has 0 aliphatic rings. The molecule has 1 rings (SSSR count). The van der Waals surface area contributed by atoms with Crippen molar-refractivity contribution >= 4 is 17.6 Å². The second-order valence-corrected chi connectivity index (χ2v) is 4.29.